The minimum Gasteiger partial charge on any atom is -0.354 e. The molecule has 0 aliphatic carbocycles. The lowest BCUT2D eigenvalue weighted by atomic mass is 10.0. The zero-order valence-electron chi connectivity index (χ0n) is 15.0. The van der Waals surface area contributed by atoms with Gasteiger partial charge in [-0.1, -0.05) is 0 Å². The second-order valence-corrected chi connectivity index (χ2v) is 7.56. The van der Waals surface area contributed by atoms with Crippen molar-refractivity contribution < 1.29 is 14.4 Å². The molecule has 0 saturated carbocycles. The average molecular weight is 413 g/mol. The van der Waals surface area contributed by atoms with Crippen molar-refractivity contribution in [2.24, 2.45) is 5.73 Å². The summed E-state index contributed by atoms with van der Waals surface area (Å²) in [5.74, 6) is 0.205. The van der Waals surface area contributed by atoms with Gasteiger partial charge in [0, 0.05) is 42.6 Å². The summed E-state index contributed by atoms with van der Waals surface area (Å²) in [5, 5.41) is 5.70. The Kier molecular flexibility index (Phi) is 7.94. The van der Waals surface area contributed by atoms with Gasteiger partial charge in [-0.05, 0) is 37.5 Å². The van der Waals surface area contributed by atoms with Gasteiger partial charge in [-0.25, -0.2) is 0 Å². The zero-order valence-corrected chi connectivity index (χ0v) is 16.7. The molecule has 4 N–H and O–H groups in total. The Balaban J connectivity index is 0.00000261. The van der Waals surface area contributed by atoms with Gasteiger partial charge in [-0.15, -0.1) is 24.2 Å². The number of carbonyl (C=O) groups excluding carboxylic acids is 3. The maximum absolute atomic E-state index is 13.0. The van der Waals surface area contributed by atoms with Gasteiger partial charge in [0.15, 0.2) is 0 Å². The summed E-state index contributed by atoms with van der Waals surface area (Å²) < 4.78 is 0. The van der Waals surface area contributed by atoms with Crippen LogP contribution in [0.15, 0.2) is 23.1 Å². The Morgan fingerprint density at radius 1 is 1.33 bits per heavy atom. The number of likely N-dealkylation sites (tertiary alicyclic amines) is 1. The molecule has 3 rings (SSSR count). The van der Waals surface area contributed by atoms with Crippen LogP contribution in [0, 0.1) is 0 Å². The molecule has 27 heavy (non-hydrogen) atoms. The van der Waals surface area contributed by atoms with Gasteiger partial charge in [-0.2, -0.15) is 0 Å². The summed E-state index contributed by atoms with van der Waals surface area (Å²) in [6.07, 6.45) is 3.16. The van der Waals surface area contributed by atoms with Gasteiger partial charge in [0.25, 0.3) is 5.91 Å². The van der Waals surface area contributed by atoms with Crippen LogP contribution < -0.4 is 16.4 Å². The highest BCUT2D eigenvalue weighted by molar-refractivity contribution is 8.00. The number of hydrogen-bond donors (Lipinski definition) is 3. The molecule has 0 spiro atoms. The van der Waals surface area contributed by atoms with E-state index < -0.39 is 0 Å². The van der Waals surface area contributed by atoms with E-state index in [1.54, 1.807) is 6.07 Å². The van der Waals surface area contributed by atoms with Crippen LogP contribution in [0.5, 0.6) is 0 Å². The molecular weight excluding hydrogens is 388 g/mol. The number of hydrogen-bond acceptors (Lipinski definition) is 5. The van der Waals surface area contributed by atoms with Gasteiger partial charge < -0.3 is 21.3 Å². The summed E-state index contributed by atoms with van der Waals surface area (Å²) in [4.78, 5) is 39.1. The molecule has 3 amide bonds. The molecule has 0 bridgehead atoms. The monoisotopic (exact) mass is 412 g/mol. The first kappa shape index (κ1) is 21.5. The number of carbonyl (C=O) groups is 3. The highest BCUT2D eigenvalue weighted by Gasteiger charge is 2.28. The lowest BCUT2D eigenvalue weighted by molar-refractivity contribution is -0.121. The number of amides is 3. The van der Waals surface area contributed by atoms with Gasteiger partial charge in [0.1, 0.15) is 0 Å². The van der Waals surface area contributed by atoms with Gasteiger partial charge >= 0.3 is 0 Å². The van der Waals surface area contributed by atoms with E-state index in [1.165, 1.54) is 11.8 Å². The maximum Gasteiger partial charge on any atom is 0.254 e. The number of rotatable bonds is 5. The first-order chi connectivity index (χ1) is 12.6. The normalized spacial score (nSPS) is 18.8. The standard InChI is InChI=1S/C18H24N4O3S.ClH/c19-7-6-16(23)20-10-13-3-1-2-8-22(13)18(25)12-4-5-15-14(9-12)21-17(24)11-26-15;/h4-5,9,13H,1-3,6-8,10-11,19H2,(H,20,23)(H,21,24);1H. The molecule has 1 aromatic carbocycles. The van der Waals surface area contributed by atoms with Crippen molar-refractivity contribution in [2.45, 2.75) is 36.6 Å². The Morgan fingerprint density at radius 2 is 2.15 bits per heavy atom. The molecule has 1 atom stereocenters. The number of nitrogens with one attached hydrogen (secondary N) is 2. The van der Waals surface area contributed by atoms with Crippen molar-refractivity contribution in [2.75, 3.05) is 30.7 Å². The van der Waals surface area contributed by atoms with Crippen LogP contribution in [0.3, 0.4) is 0 Å². The van der Waals surface area contributed by atoms with E-state index in [9.17, 15) is 14.4 Å². The zero-order chi connectivity index (χ0) is 18.5. The van der Waals surface area contributed by atoms with Crippen LogP contribution in [0.2, 0.25) is 0 Å². The number of thioether (sulfide) groups is 1. The van der Waals surface area contributed by atoms with Crippen LogP contribution in [0.25, 0.3) is 0 Å². The molecule has 2 aliphatic rings. The summed E-state index contributed by atoms with van der Waals surface area (Å²) in [6, 6.07) is 5.43. The number of halogens is 1. The second-order valence-electron chi connectivity index (χ2n) is 6.54. The fraction of sp³-hybridized carbons (Fsp3) is 0.500. The number of nitrogens with two attached hydrogens (primary N) is 1. The van der Waals surface area contributed by atoms with Crippen molar-refractivity contribution >= 4 is 47.6 Å². The van der Waals surface area contributed by atoms with Crippen LogP contribution in [-0.4, -0.2) is 54.1 Å². The van der Waals surface area contributed by atoms with Crippen molar-refractivity contribution in [3.05, 3.63) is 23.8 Å². The third-order valence-electron chi connectivity index (χ3n) is 4.65. The number of benzene rings is 1. The van der Waals surface area contributed by atoms with E-state index in [2.05, 4.69) is 10.6 Å². The molecular formula is C18H25ClN4O3S. The fourth-order valence-electron chi connectivity index (χ4n) is 3.31. The number of fused-ring (bicyclic) bond motifs is 1. The summed E-state index contributed by atoms with van der Waals surface area (Å²) in [7, 11) is 0. The van der Waals surface area contributed by atoms with E-state index in [4.69, 9.17) is 5.73 Å². The molecule has 2 heterocycles. The van der Waals surface area contributed by atoms with E-state index in [0.717, 1.165) is 24.2 Å². The van der Waals surface area contributed by atoms with Crippen LogP contribution >= 0.6 is 24.2 Å². The highest BCUT2D eigenvalue weighted by Crippen LogP contribution is 2.32. The molecule has 0 radical (unpaired) electrons. The molecule has 1 fully saturated rings. The number of piperidine rings is 1. The van der Waals surface area contributed by atoms with Gasteiger partial charge in [-0.3, -0.25) is 14.4 Å². The predicted molar refractivity (Wildman–Crippen MR) is 108 cm³/mol. The summed E-state index contributed by atoms with van der Waals surface area (Å²) in [6.45, 7) is 1.44. The topological polar surface area (TPSA) is 105 Å². The van der Waals surface area contributed by atoms with Crippen molar-refractivity contribution in [1.82, 2.24) is 10.2 Å². The van der Waals surface area contributed by atoms with E-state index >= 15 is 0 Å². The van der Waals surface area contributed by atoms with Gasteiger partial charge in [0.05, 0.1) is 11.4 Å². The fourth-order valence-corrected chi connectivity index (χ4v) is 4.10. The molecule has 1 unspecified atom stereocenters. The average Bonchev–Trinajstić information content (AvgIpc) is 2.65. The lowest BCUT2D eigenvalue weighted by Gasteiger charge is -2.36. The van der Waals surface area contributed by atoms with E-state index in [1.807, 2.05) is 17.0 Å². The second kappa shape index (κ2) is 9.96. The van der Waals surface area contributed by atoms with Crippen molar-refractivity contribution in [3.8, 4) is 0 Å². The summed E-state index contributed by atoms with van der Waals surface area (Å²) in [5.41, 5.74) is 6.66. The Labute approximate surface area is 169 Å². The van der Waals surface area contributed by atoms with E-state index in [-0.39, 0.29) is 36.2 Å². The lowest BCUT2D eigenvalue weighted by Crippen LogP contribution is -2.49. The molecule has 1 saturated heterocycles. The Morgan fingerprint density at radius 3 is 2.93 bits per heavy atom. The molecule has 1 aromatic rings. The van der Waals surface area contributed by atoms with Crippen molar-refractivity contribution in [1.29, 1.82) is 0 Å². The number of nitrogens with zero attached hydrogens (tertiary/aromatic N) is 1. The maximum atomic E-state index is 13.0. The molecule has 148 valence electrons. The Bertz CT molecular complexity index is 716. The minimum absolute atomic E-state index is 0. The summed E-state index contributed by atoms with van der Waals surface area (Å²) >= 11 is 1.47. The van der Waals surface area contributed by atoms with Crippen LogP contribution in [-0.2, 0) is 9.59 Å². The quantitative estimate of drug-likeness (QED) is 0.681. The molecule has 2 aliphatic heterocycles. The Hall–Kier alpha value is -1.77. The molecule has 9 heteroatoms. The minimum atomic E-state index is -0.0843. The largest absolute Gasteiger partial charge is 0.354 e. The number of anilines is 1. The van der Waals surface area contributed by atoms with E-state index in [0.29, 0.717) is 43.1 Å². The molecule has 0 aromatic heterocycles. The predicted octanol–water partition coefficient (Wildman–Crippen LogP) is 1.61. The first-order valence-corrected chi connectivity index (χ1v) is 9.91. The van der Waals surface area contributed by atoms with Gasteiger partial charge in [0.2, 0.25) is 11.8 Å². The first-order valence-electron chi connectivity index (χ1n) is 8.93. The highest BCUT2D eigenvalue weighted by atomic mass is 35.5. The smallest absolute Gasteiger partial charge is 0.254 e. The van der Waals surface area contributed by atoms with Crippen LogP contribution in [0.1, 0.15) is 36.0 Å². The third kappa shape index (κ3) is 5.37. The van der Waals surface area contributed by atoms with Crippen LogP contribution in [0.4, 0.5) is 5.69 Å². The SMILES string of the molecule is Cl.NCCC(=O)NCC1CCCCN1C(=O)c1ccc2c(c1)NC(=O)CS2. The van der Waals surface area contributed by atoms with Crippen molar-refractivity contribution in [3.63, 3.8) is 0 Å². The third-order valence-corrected chi connectivity index (χ3v) is 5.73. The molecule has 7 nitrogen and oxygen atoms in total.